The molecule has 2 fully saturated rings. The zero-order chi connectivity index (χ0) is 13.2. The molecule has 0 bridgehead atoms. The van der Waals surface area contributed by atoms with Crippen LogP contribution in [0.5, 0.6) is 23.0 Å². The van der Waals surface area contributed by atoms with Crippen LogP contribution in [-0.2, 0) is 0 Å². The van der Waals surface area contributed by atoms with E-state index in [1.165, 1.54) is 25.7 Å². The molecule has 1 aromatic rings. The van der Waals surface area contributed by atoms with E-state index in [2.05, 4.69) is 0 Å². The van der Waals surface area contributed by atoms with Gasteiger partial charge in [0.15, 0.2) is 23.0 Å². The van der Waals surface area contributed by atoms with Gasteiger partial charge in [-0.1, -0.05) is 0 Å². The van der Waals surface area contributed by atoms with Gasteiger partial charge in [0.2, 0.25) is 0 Å². The van der Waals surface area contributed by atoms with Gasteiger partial charge in [-0.3, -0.25) is 0 Å². The van der Waals surface area contributed by atoms with Gasteiger partial charge in [-0.2, -0.15) is 0 Å². The van der Waals surface area contributed by atoms with Crippen molar-refractivity contribution in [3.8, 4) is 23.0 Å². The summed E-state index contributed by atoms with van der Waals surface area (Å²) in [4.78, 5) is 0. The summed E-state index contributed by atoms with van der Waals surface area (Å²) in [6.45, 7) is 0. The van der Waals surface area contributed by atoms with Crippen molar-refractivity contribution >= 4 is 0 Å². The summed E-state index contributed by atoms with van der Waals surface area (Å²) in [5, 5.41) is 0. The van der Waals surface area contributed by atoms with E-state index >= 15 is 0 Å². The molecule has 0 saturated heterocycles. The Morgan fingerprint density at radius 2 is 0.850 bits per heavy atom. The number of fused-ring (bicyclic) bond motifs is 2. The molecule has 2 saturated carbocycles. The maximum atomic E-state index is 6.07. The van der Waals surface area contributed by atoms with Crippen LogP contribution in [0.15, 0.2) is 12.1 Å². The topological polar surface area (TPSA) is 36.9 Å². The Morgan fingerprint density at radius 1 is 0.550 bits per heavy atom. The van der Waals surface area contributed by atoms with Crippen LogP contribution in [0, 0.1) is 0 Å². The molecule has 4 nitrogen and oxygen atoms in total. The molecule has 20 heavy (non-hydrogen) atoms. The molecule has 2 heterocycles. The Morgan fingerprint density at radius 3 is 1.15 bits per heavy atom. The SMILES string of the molecule is c1c2c(cc3c1OC1(CCCC1)O3)OC1(CCCC1)O2. The summed E-state index contributed by atoms with van der Waals surface area (Å²) in [5.74, 6) is 2.41. The van der Waals surface area contributed by atoms with Crippen LogP contribution in [0.25, 0.3) is 0 Å². The number of rotatable bonds is 0. The molecule has 0 unspecified atom stereocenters. The predicted molar refractivity (Wildman–Crippen MR) is 71.4 cm³/mol. The average molecular weight is 274 g/mol. The highest BCUT2D eigenvalue weighted by Gasteiger charge is 2.48. The van der Waals surface area contributed by atoms with Crippen LogP contribution in [0.4, 0.5) is 0 Å². The Kier molecular flexibility index (Phi) is 1.97. The van der Waals surface area contributed by atoms with Gasteiger partial charge in [0.1, 0.15) is 0 Å². The molecule has 5 rings (SSSR count). The Hall–Kier alpha value is -1.58. The van der Waals surface area contributed by atoms with Crippen LogP contribution in [0.3, 0.4) is 0 Å². The van der Waals surface area contributed by atoms with Crippen molar-refractivity contribution in [2.24, 2.45) is 0 Å². The molecular weight excluding hydrogens is 256 g/mol. The standard InChI is InChI=1S/C16H18O4/c1-2-6-15(5-1)17-11-9-13-14(10-12(11)18-15)20-16(19-13)7-3-4-8-16/h9-10H,1-8H2. The lowest BCUT2D eigenvalue weighted by Crippen LogP contribution is -2.35. The van der Waals surface area contributed by atoms with E-state index in [0.29, 0.717) is 0 Å². The lowest BCUT2D eigenvalue weighted by molar-refractivity contribution is -0.0763. The first kappa shape index (κ1) is 11.1. The normalized spacial score (nSPS) is 26.8. The number of benzene rings is 1. The van der Waals surface area contributed by atoms with Crippen molar-refractivity contribution in [2.75, 3.05) is 0 Å². The van der Waals surface area contributed by atoms with E-state index in [4.69, 9.17) is 18.9 Å². The lowest BCUT2D eigenvalue weighted by atomic mass is 10.2. The van der Waals surface area contributed by atoms with Crippen LogP contribution in [0.1, 0.15) is 51.4 Å². The third kappa shape index (κ3) is 1.42. The molecule has 0 amide bonds. The fraction of sp³-hybridized carbons (Fsp3) is 0.625. The van der Waals surface area contributed by atoms with Crippen molar-refractivity contribution in [2.45, 2.75) is 62.9 Å². The van der Waals surface area contributed by atoms with E-state index in [1.54, 1.807) is 0 Å². The minimum atomic E-state index is -0.414. The van der Waals surface area contributed by atoms with Gasteiger partial charge in [0.25, 0.3) is 11.6 Å². The Balaban J connectivity index is 1.48. The average Bonchev–Trinajstić information content (AvgIpc) is 3.16. The van der Waals surface area contributed by atoms with Crippen molar-refractivity contribution in [1.82, 2.24) is 0 Å². The van der Waals surface area contributed by atoms with Gasteiger partial charge in [-0.25, -0.2) is 0 Å². The highest BCUT2D eigenvalue weighted by atomic mass is 16.7. The summed E-state index contributed by atoms with van der Waals surface area (Å²) >= 11 is 0. The molecule has 4 heteroatoms. The summed E-state index contributed by atoms with van der Waals surface area (Å²) in [6.07, 6.45) is 8.56. The number of hydrogen-bond donors (Lipinski definition) is 0. The van der Waals surface area contributed by atoms with Crippen LogP contribution < -0.4 is 18.9 Å². The molecule has 0 N–H and O–H groups in total. The largest absolute Gasteiger partial charge is 0.448 e. The second kappa shape index (κ2) is 3.54. The van der Waals surface area contributed by atoms with Gasteiger partial charge in [-0.05, 0) is 25.7 Å². The summed E-state index contributed by atoms with van der Waals surface area (Å²) < 4.78 is 24.3. The Bertz CT molecular complexity index is 482. The molecule has 0 aromatic heterocycles. The number of ether oxygens (including phenoxy) is 4. The van der Waals surface area contributed by atoms with Gasteiger partial charge in [0, 0.05) is 37.8 Å². The van der Waals surface area contributed by atoms with Crippen molar-refractivity contribution < 1.29 is 18.9 Å². The zero-order valence-corrected chi connectivity index (χ0v) is 11.4. The quantitative estimate of drug-likeness (QED) is 0.721. The second-order valence-corrected chi connectivity index (χ2v) is 6.39. The third-order valence-electron chi connectivity index (χ3n) is 4.92. The number of hydrogen-bond acceptors (Lipinski definition) is 4. The smallest absolute Gasteiger partial charge is 0.251 e. The van der Waals surface area contributed by atoms with E-state index in [0.717, 1.165) is 48.7 Å². The summed E-state index contributed by atoms with van der Waals surface area (Å²) in [6, 6.07) is 3.90. The minimum Gasteiger partial charge on any atom is -0.448 e. The minimum absolute atomic E-state index is 0.414. The van der Waals surface area contributed by atoms with E-state index in [9.17, 15) is 0 Å². The van der Waals surface area contributed by atoms with Crippen LogP contribution in [0.2, 0.25) is 0 Å². The van der Waals surface area contributed by atoms with Gasteiger partial charge in [-0.15, -0.1) is 0 Å². The van der Waals surface area contributed by atoms with E-state index < -0.39 is 11.6 Å². The molecule has 2 spiro atoms. The monoisotopic (exact) mass is 274 g/mol. The third-order valence-corrected chi connectivity index (χ3v) is 4.92. The van der Waals surface area contributed by atoms with E-state index in [-0.39, 0.29) is 0 Å². The highest BCUT2D eigenvalue weighted by Crippen LogP contribution is 2.54. The fourth-order valence-corrected chi connectivity index (χ4v) is 3.92. The first-order chi connectivity index (χ1) is 9.76. The first-order valence-corrected chi connectivity index (χ1v) is 7.70. The first-order valence-electron chi connectivity index (χ1n) is 7.70. The molecule has 2 aliphatic carbocycles. The van der Waals surface area contributed by atoms with Crippen LogP contribution >= 0.6 is 0 Å². The Labute approximate surface area is 118 Å². The summed E-state index contributed by atoms with van der Waals surface area (Å²) in [5.41, 5.74) is 0. The van der Waals surface area contributed by atoms with Crippen molar-refractivity contribution in [3.05, 3.63) is 12.1 Å². The second-order valence-electron chi connectivity index (χ2n) is 6.39. The fourth-order valence-electron chi connectivity index (χ4n) is 3.92. The van der Waals surface area contributed by atoms with Crippen molar-refractivity contribution in [3.63, 3.8) is 0 Å². The van der Waals surface area contributed by atoms with Crippen molar-refractivity contribution in [1.29, 1.82) is 0 Å². The highest BCUT2D eigenvalue weighted by molar-refractivity contribution is 5.57. The maximum Gasteiger partial charge on any atom is 0.251 e. The van der Waals surface area contributed by atoms with Gasteiger partial charge >= 0.3 is 0 Å². The molecule has 2 aliphatic heterocycles. The molecule has 4 aliphatic rings. The molecule has 0 radical (unpaired) electrons. The zero-order valence-electron chi connectivity index (χ0n) is 11.4. The molecule has 1 aromatic carbocycles. The van der Waals surface area contributed by atoms with Gasteiger partial charge in [0.05, 0.1) is 0 Å². The van der Waals surface area contributed by atoms with Gasteiger partial charge < -0.3 is 18.9 Å². The maximum absolute atomic E-state index is 6.07. The lowest BCUT2D eigenvalue weighted by Gasteiger charge is -2.22. The predicted octanol–water partition coefficient (Wildman–Crippen LogP) is 3.77. The molecule has 0 atom stereocenters. The van der Waals surface area contributed by atoms with Crippen LogP contribution in [-0.4, -0.2) is 11.6 Å². The molecule has 106 valence electrons. The molecular formula is C16H18O4. The summed E-state index contributed by atoms with van der Waals surface area (Å²) in [7, 11) is 0. The van der Waals surface area contributed by atoms with E-state index in [1.807, 2.05) is 12.1 Å².